The topological polar surface area (TPSA) is 39.4 Å². The van der Waals surface area contributed by atoms with E-state index in [4.69, 9.17) is 5.10 Å². The predicted molar refractivity (Wildman–Crippen MR) is 103 cm³/mol. The predicted octanol–water partition coefficient (Wildman–Crippen LogP) is 5.24. The molecule has 0 amide bonds. The third-order valence-corrected chi connectivity index (χ3v) is 4.81. The van der Waals surface area contributed by atoms with Gasteiger partial charge in [-0.2, -0.15) is 10.4 Å². The molecule has 0 saturated carbocycles. The zero-order valence-electron chi connectivity index (χ0n) is 14.7. The number of hydrazone groups is 1. The summed E-state index contributed by atoms with van der Waals surface area (Å²) in [5.41, 5.74) is 3.84. The van der Waals surface area contributed by atoms with Crippen LogP contribution in [0.2, 0.25) is 0 Å². The van der Waals surface area contributed by atoms with Gasteiger partial charge in [-0.1, -0.05) is 72.8 Å². The van der Waals surface area contributed by atoms with Gasteiger partial charge in [-0.25, -0.2) is 4.39 Å². The van der Waals surface area contributed by atoms with Gasteiger partial charge in [-0.05, 0) is 28.8 Å². The molecule has 27 heavy (non-hydrogen) atoms. The quantitative estimate of drug-likeness (QED) is 0.642. The number of hydrogen-bond donors (Lipinski definition) is 0. The monoisotopic (exact) mass is 355 g/mol. The van der Waals surface area contributed by atoms with Gasteiger partial charge in [-0.15, -0.1) is 0 Å². The highest BCUT2D eigenvalue weighted by molar-refractivity contribution is 6.01. The fourth-order valence-corrected chi connectivity index (χ4v) is 3.45. The van der Waals surface area contributed by atoms with Crippen LogP contribution in [0, 0.1) is 17.1 Å². The third kappa shape index (κ3) is 3.45. The molecule has 0 N–H and O–H groups in total. The minimum Gasteiger partial charge on any atom is -0.267 e. The Hall–Kier alpha value is -3.45. The standard InChI is InChI=1S/C23H18FN3/c24-20-13-11-19(12-14-20)23(16-25)27-22(18-9-5-2-6-10-18)15-21(26-27)17-7-3-1-4-8-17/h1-14,22-23H,15H2/t22-,23-/m0/s1. The summed E-state index contributed by atoms with van der Waals surface area (Å²) < 4.78 is 13.3. The minimum absolute atomic E-state index is 0.0453. The van der Waals surface area contributed by atoms with E-state index in [9.17, 15) is 9.65 Å². The molecule has 1 aliphatic rings. The van der Waals surface area contributed by atoms with Gasteiger partial charge in [0.15, 0.2) is 6.04 Å². The zero-order valence-corrected chi connectivity index (χ0v) is 14.7. The van der Waals surface area contributed by atoms with Crippen LogP contribution >= 0.6 is 0 Å². The van der Waals surface area contributed by atoms with Crippen molar-refractivity contribution in [2.24, 2.45) is 5.10 Å². The van der Waals surface area contributed by atoms with Crippen LogP contribution in [-0.4, -0.2) is 10.7 Å². The van der Waals surface area contributed by atoms with Crippen LogP contribution in [0.1, 0.15) is 35.2 Å². The Morgan fingerprint density at radius 3 is 2.19 bits per heavy atom. The SMILES string of the molecule is N#C[C@@H](c1ccc(F)cc1)N1N=C(c2ccccc2)C[C@H]1c1ccccc1. The second-order valence-electron chi connectivity index (χ2n) is 6.51. The summed E-state index contributed by atoms with van der Waals surface area (Å²) in [6, 6.07) is 27.9. The fourth-order valence-electron chi connectivity index (χ4n) is 3.45. The highest BCUT2D eigenvalue weighted by atomic mass is 19.1. The second kappa shape index (κ2) is 7.43. The van der Waals surface area contributed by atoms with Crippen LogP contribution in [0.15, 0.2) is 90.0 Å². The molecule has 132 valence electrons. The van der Waals surface area contributed by atoms with Crippen molar-refractivity contribution < 1.29 is 4.39 Å². The van der Waals surface area contributed by atoms with Crippen LogP contribution in [0.3, 0.4) is 0 Å². The first-order valence-corrected chi connectivity index (χ1v) is 8.87. The van der Waals surface area contributed by atoms with Crippen molar-refractivity contribution in [2.75, 3.05) is 0 Å². The molecule has 3 aromatic rings. The summed E-state index contributed by atoms with van der Waals surface area (Å²) in [7, 11) is 0. The summed E-state index contributed by atoms with van der Waals surface area (Å²) >= 11 is 0. The number of rotatable bonds is 4. The Kier molecular flexibility index (Phi) is 4.67. The molecule has 0 saturated heterocycles. The van der Waals surface area contributed by atoms with Crippen LogP contribution in [0.5, 0.6) is 0 Å². The Morgan fingerprint density at radius 2 is 1.56 bits per heavy atom. The molecule has 1 heterocycles. The van der Waals surface area contributed by atoms with Gasteiger partial charge < -0.3 is 0 Å². The first-order valence-electron chi connectivity index (χ1n) is 8.87. The van der Waals surface area contributed by atoms with Crippen molar-refractivity contribution in [1.82, 2.24) is 5.01 Å². The van der Waals surface area contributed by atoms with Crippen molar-refractivity contribution in [3.8, 4) is 6.07 Å². The van der Waals surface area contributed by atoms with E-state index < -0.39 is 6.04 Å². The summed E-state index contributed by atoms with van der Waals surface area (Å²) in [6.07, 6.45) is 0.716. The number of halogens is 1. The lowest BCUT2D eigenvalue weighted by Gasteiger charge is -2.28. The van der Waals surface area contributed by atoms with Crippen LogP contribution < -0.4 is 0 Å². The number of nitrogens with zero attached hydrogens (tertiary/aromatic N) is 3. The van der Waals surface area contributed by atoms with Crippen molar-refractivity contribution in [3.05, 3.63) is 107 Å². The number of benzene rings is 3. The van der Waals surface area contributed by atoms with Crippen molar-refractivity contribution in [3.63, 3.8) is 0 Å². The first-order chi connectivity index (χ1) is 13.3. The van der Waals surface area contributed by atoms with Crippen molar-refractivity contribution in [2.45, 2.75) is 18.5 Å². The molecule has 0 bridgehead atoms. The first kappa shape index (κ1) is 17.0. The van der Waals surface area contributed by atoms with E-state index in [1.165, 1.54) is 12.1 Å². The number of hydrogen-bond acceptors (Lipinski definition) is 3. The molecule has 0 spiro atoms. The molecule has 4 rings (SSSR count). The molecule has 4 heteroatoms. The van der Waals surface area contributed by atoms with E-state index in [1.807, 2.05) is 53.5 Å². The molecule has 0 aliphatic carbocycles. The van der Waals surface area contributed by atoms with Crippen molar-refractivity contribution >= 4 is 5.71 Å². The molecular weight excluding hydrogens is 337 g/mol. The van der Waals surface area contributed by atoms with Gasteiger partial charge in [0, 0.05) is 6.42 Å². The van der Waals surface area contributed by atoms with Gasteiger partial charge in [0.25, 0.3) is 0 Å². The molecule has 3 aromatic carbocycles. The maximum Gasteiger partial charge on any atom is 0.159 e. The van der Waals surface area contributed by atoms with Crippen LogP contribution in [0.4, 0.5) is 4.39 Å². The Labute approximate surface area is 158 Å². The zero-order chi connectivity index (χ0) is 18.6. The van der Waals surface area contributed by atoms with E-state index in [0.717, 1.165) is 22.4 Å². The summed E-state index contributed by atoms with van der Waals surface area (Å²) in [4.78, 5) is 0. The van der Waals surface area contributed by atoms with Gasteiger partial charge in [0.05, 0.1) is 17.8 Å². The van der Waals surface area contributed by atoms with E-state index in [2.05, 4.69) is 18.2 Å². The molecular formula is C23H18FN3. The second-order valence-corrected chi connectivity index (χ2v) is 6.51. The molecule has 2 atom stereocenters. The van der Waals surface area contributed by atoms with E-state index in [0.29, 0.717) is 6.42 Å². The van der Waals surface area contributed by atoms with E-state index >= 15 is 0 Å². The molecule has 0 aromatic heterocycles. The Bertz CT molecular complexity index is 976. The summed E-state index contributed by atoms with van der Waals surface area (Å²) in [6.45, 7) is 0. The molecule has 1 aliphatic heterocycles. The fraction of sp³-hybridized carbons (Fsp3) is 0.130. The average molecular weight is 355 g/mol. The maximum atomic E-state index is 13.3. The van der Waals surface area contributed by atoms with Gasteiger partial charge in [0.2, 0.25) is 0 Å². The lowest BCUT2D eigenvalue weighted by atomic mass is 9.97. The Morgan fingerprint density at radius 1 is 0.926 bits per heavy atom. The molecule has 3 nitrogen and oxygen atoms in total. The molecule has 0 unspecified atom stereocenters. The molecule has 0 radical (unpaired) electrons. The normalized spacial score (nSPS) is 17.3. The smallest absolute Gasteiger partial charge is 0.159 e. The van der Waals surface area contributed by atoms with Gasteiger partial charge in [-0.3, -0.25) is 5.01 Å². The average Bonchev–Trinajstić information content (AvgIpc) is 3.16. The summed E-state index contributed by atoms with van der Waals surface area (Å²) in [5.74, 6) is -0.315. The van der Waals surface area contributed by atoms with E-state index in [-0.39, 0.29) is 11.9 Å². The summed E-state index contributed by atoms with van der Waals surface area (Å²) in [5, 5.41) is 16.5. The van der Waals surface area contributed by atoms with Gasteiger partial charge in [0.1, 0.15) is 5.82 Å². The Balaban J connectivity index is 1.76. The highest BCUT2D eigenvalue weighted by Crippen LogP contribution is 2.38. The lowest BCUT2D eigenvalue weighted by molar-refractivity contribution is 0.196. The van der Waals surface area contributed by atoms with Crippen LogP contribution in [-0.2, 0) is 0 Å². The highest BCUT2D eigenvalue weighted by Gasteiger charge is 2.34. The van der Waals surface area contributed by atoms with E-state index in [1.54, 1.807) is 12.1 Å². The van der Waals surface area contributed by atoms with Crippen molar-refractivity contribution in [1.29, 1.82) is 5.26 Å². The van der Waals surface area contributed by atoms with Gasteiger partial charge >= 0.3 is 0 Å². The third-order valence-electron chi connectivity index (χ3n) is 4.81. The molecule has 0 fully saturated rings. The number of nitriles is 1. The maximum absolute atomic E-state index is 13.3. The lowest BCUT2D eigenvalue weighted by Crippen LogP contribution is -2.24. The minimum atomic E-state index is -0.586. The largest absolute Gasteiger partial charge is 0.267 e. The van der Waals surface area contributed by atoms with Crippen LogP contribution in [0.25, 0.3) is 0 Å².